The second-order valence-corrected chi connectivity index (χ2v) is 6.38. The van der Waals surface area contributed by atoms with Crippen LogP contribution in [0.4, 0.5) is 8.78 Å². The Labute approximate surface area is 132 Å². The van der Waals surface area contributed by atoms with E-state index in [0.717, 1.165) is 18.2 Å². The van der Waals surface area contributed by atoms with Gasteiger partial charge in [0.2, 0.25) is 0 Å². The second-order valence-electron chi connectivity index (χ2n) is 4.11. The van der Waals surface area contributed by atoms with Crippen molar-refractivity contribution < 1.29 is 17.8 Å². The van der Waals surface area contributed by atoms with E-state index < -0.39 is 34.0 Å². The lowest BCUT2D eigenvalue weighted by atomic mass is 10.1. The molecule has 110 valence electrons. The van der Waals surface area contributed by atoms with Gasteiger partial charge in [0, 0.05) is 10.6 Å². The first kappa shape index (κ1) is 16.1. The van der Waals surface area contributed by atoms with Crippen molar-refractivity contribution in [1.82, 2.24) is 0 Å². The number of rotatable bonds is 4. The number of ketones is 1. The van der Waals surface area contributed by atoms with Crippen molar-refractivity contribution in [3.8, 4) is 0 Å². The Hall–Kier alpha value is -1.30. The van der Waals surface area contributed by atoms with Crippen molar-refractivity contribution in [2.24, 2.45) is 0 Å². The van der Waals surface area contributed by atoms with Crippen LogP contribution in [0.15, 0.2) is 41.3 Å². The molecule has 0 heterocycles. The molecule has 0 N–H and O–H groups in total. The number of halogens is 4. The molecule has 21 heavy (non-hydrogen) atoms. The van der Waals surface area contributed by atoms with Crippen LogP contribution >= 0.6 is 23.2 Å². The number of hydrogen-bond acceptors (Lipinski definition) is 2. The minimum atomic E-state index is -2.02. The summed E-state index contributed by atoms with van der Waals surface area (Å²) in [4.78, 5) is 11.7. The lowest BCUT2D eigenvalue weighted by molar-refractivity contribution is 0.102. The first-order valence-corrected chi connectivity index (χ1v) is 7.77. The van der Waals surface area contributed by atoms with Gasteiger partial charge in [0.25, 0.3) is 0 Å². The maximum Gasteiger partial charge on any atom is 0.177 e. The minimum absolute atomic E-state index is 0.0920. The van der Waals surface area contributed by atoms with Crippen LogP contribution in [-0.4, -0.2) is 15.7 Å². The summed E-state index contributed by atoms with van der Waals surface area (Å²) in [5.74, 6) is -2.64. The van der Waals surface area contributed by atoms with E-state index in [4.69, 9.17) is 23.2 Å². The number of hydrogen-bond donors (Lipinski definition) is 0. The number of benzene rings is 2. The molecule has 0 bridgehead atoms. The molecular formula is C14H8Cl2F2O2S. The molecule has 2 aromatic rings. The molecule has 0 saturated heterocycles. The van der Waals surface area contributed by atoms with Gasteiger partial charge in [-0.1, -0.05) is 23.2 Å². The molecule has 1 atom stereocenters. The Balaban J connectivity index is 2.25. The van der Waals surface area contributed by atoms with Crippen molar-refractivity contribution >= 4 is 39.8 Å². The van der Waals surface area contributed by atoms with Crippen LogP contribution in [0.3, 0.4) is 0 Å². The van der Waals surface area contributed by atoms with Gasteiger partial charge < -0.3 is 0 Å². The molecular weight excluding hydrogens is 341 g/mol. The third kappa shape index (κ3) is 3.87. The van der Waals surface area contributed by atoms with Crippen molar-refractivity contribution in [3.63, 3.8) is 0 Å². The number of carbonyl (C=O) groups is 1. The Morgan fingerprint density at radius 3 is 2.52 bits per heavy atom. The fourth-order valence-corrected chi connectivity index (χ4v) is 3.11. The van der Waals surface area contributed by atoms with Gasteiger partial charge in [0.1, 0.15) is 11.6 Å². The average Bonchev–Trinajstić information content (AvgIpc) is 2.43. The Bertz CT molecular complexity index is 673. The van der Waals surface area contributed by atoms with Crippen LogP contribution in [0.5, 0.6) is 0 Å². The summed E-state index contributed by atoms with van der Waals surface area (Å²) in [5, 5.41) is 0.451. The van der Waals surface area contributed by atoms with E-state index in [-0.39, 0.29) is 15.5 Å². The molecule has 0 aromatic heterocycles. The van der Waals surface area contributed by atoms with Gasteiger partial charge in [-0.3, -0.25) is 9.00 Å². The summed E-state index contributed by atoms with van der Waals surface area (Å²) in [5.41, 5.74) is 0.0920. The first-order valence-electron chi connectivity index (χ1n) is 5.70. The van der Waals surface area contributed by atoms with Gasteiger partial charge in [0.15, 0.2) is 5.78 Å². The molecule has 0 amide bonds. The molecule has 0 saturated carbocycles. The van der Waals surface area contributed by atoms with E-state index in [1.165, 1.54) is 18.2 Å². The summed E-state index contributed by atoms with van der Waals surface area (Å²) in [6.45, 7) is 0. The van der Waals surface area contributed by atoms with Crippen LogP contribution in [0, 0.1) is 11.6 Å². The fourth-order valence-electron chi connectivity index (χ4n) is 1.64. The highest BCUT2D eigenvalue weighted by Crippen LogP contribution is 2.22. The standard InChI is InChI=1S/C14H8Cl2F2O2S/c15-8-1-3-11(16)10(5-8)13(19)7-21(20)14-6-9(17)2-4-12(14)18/h1-6H,7H2. The predicted octanol–water partition coefficient (Wildman–Crippen LogP) is 4.26. The van der Waals surface area contributed by atoms with Crippen LogP contribution in [0.1, 0.15) is 10.4 Å². The molecule has 2 nitrogen and oxygen atoms in total. The summed E-state index contributed by atoms with van der Waals surface area (Å²) >= 11 is 11.6. The third-order valence-electron chi connectivity index (χ3n) is 2.63. The summed E-state index contributed by atoms with van der Waals surface area (Å²) in [6.07, 6.45) is 0. The molecule has 7 heteroatoms. The molecule has 0 radical (unpaired) electrons. The molecule has 0 aliphatic heterocycles. The van der Waals surface area contributed by atoms with Gasteiger partial charge in [-0.25, -0.2) is 8.78 Å². The van der Waals surface area contributed by atoms with Crippen molar-refractivity contribution in [1.29, 1.82) is 0 Å². The van der Waals surface area contributed by atoms with Crippen LogP contribution in [0.25, 0.3) is 0 Å². The summed E-state index contributed by atoms with van der Waals surface area (Å²) in [6, 6.07) is 6.85. The van der Waals surface area contributed by atoms with Crippen molar-refractivity contribution in [3.05, 3.63) is 63.6 Å². The third-order valence-corrected chi connectivity index (χ3v) is 4.52. The minimum Gasteiger partial charge on any atom is -0.293 e. The Morgan fingerprint density at radius 1 is 1.10 bits per heavy atom. The highest BCUT2D eigenvalue weighted by atomic mass is 35.5. The number of Topliss-reactive ketones (excluding diaryl/α,β-unsaturated/α-hetero) is 1. The van der Waals surface area contributed by atoms with Gasteiger partial charge in [0.05, 0.1) is 26.5 Å². The van der Waals surface area contributed by atoms with Crippen LogP contribution in [0.2, 0.25) is 10.0 Å². The zero-order valence-electron chi connectivity index (χ0n) is 10.4. The first-order chi connectivity index (χ1) is 9.88. The predicted molar refractivity (Wildman–Crippen MR) is 78.4 cm³/mol. The molecule has 0 aliphatic carbocycles. The zero-order valence-corrected chi connectivity index (χ0v) is 12.7. The maximum absolute atomic E-state index is 13.5. The van der Waals surface area contributed by atoms with Gasteiger partial charge in [-0.15, -0.1) is 0 Å². The van der Waals surface area contributed by atoms with E-state index >= 15 is 0 Å². The van der Waals surface area contributed by atoms with Gasteiger partial charge >= 0.3 is 0 Å². The molecule has 1 unspecified atom stereocenters. The van der Waals surface area contributed by atoms with Gasteiger partial charge in [-0.2, -0.15) is 0 Å². The molecule has 0 spiro atoms. The fraction of sp³-hybridized carbons (Fsp3) is 0.0714. The molecule has 0 aliphatic rings. The summed E-state index contributed by atoms with van der Waals surface area (Å²) < 4.78 is 38.6. The maximum atomic E-state index is 13.5. The normalized spacial score (nSPS) is 12.2. The van der Waals surface area contributed by atoms with Crippen LogP contribution < -0.4 is 0 Å². The number of carbonyl (C=O) groups excluding carboxylic acids is 1. The SMILES string of the molecule is O=C(CS(=O)c1cc(F)ccc1F)c1cc(Cl)ccc1Cl. The Morgan fingerprint density at radius 2 is 1.81 bits per heavy atom. The lowest BCUT2D eigenvalue weighted by Gasteiger charge is -2.06. The van der Waals surface area contributed by atoms with E-state index in [1.54, 1.807) is 0 Å². The monoisotopic (exact) mass is 348 g/mol. The highest BCUT2D eigenvalue weighted by Gasteiger charge is 2.18. The zero-order chi connectivity index (χ0) is 15.6. The van der Waals surface area contributed by atoms with E-state index in [1.807, 2.05) is 0 Å². The quantitative estimate of drug-likeness (QED) is 0.773. The average molecular weight is 349 g/mol. The second kappa shape index (κ2) is 6.64. The van der Waals surface area contributed by atoms with Gasteiger partial charge in [-0.05, 0) is 36.4 Å². The largest absolute Gasteiger partial charge is 0.293 e. The topological polar surface area (TPSA) is 34.1 Å². The van der Waals surface area contributed by atoms with Crippen LogP contribution in [-0.2, 0) is 10.8 Å². The van der Waals surface area contributed by atoms with E-state index in [9.17, 15) is 17.8 Å². The van der Waals surface area contributed by atoms with Crippen molar-refractivity contribution in [2.45, 2.75) is 4.90 Å². The summed E-state index contributed by atoms with van der Waals surface area (Å²) in [7, 11) is -2.02. The molecule has 2 aromatic carbocycles. The molecule has 0 fully saturated rings. The highest BCUT2D eigenvalue weighted by molar-refractivity contribution is 7.85. The van der Waals surface area contributed by atoms with E-state index in [2.05, 4.69) is 0 Å². The lowest BCUT2D eigenvalue weighted by Crippen LogP contribution is -2.13. The van der Waals surface area contributed by atoms with E-state index in [0.29, 0.717) is 5.02 Å². The Kier molecular flexibility index (Phi) is 5.08. The van der Waals surface area contributed by atoms with Crippen molar-refractivity contribution in [2.75, 3.05) is 5.75 Å². The smallest absolute Gasteiger partial charge is 0.177 e. The molecule has 2 rings (SSSR count).